The molecule has 0 amide bonds. The summed E-state index contributed by atoms with van der Waals surface area (Å²) >= 11 is 18.0. The highest BCUT2D eigenvalue weighted by Crippen LogP contribution is 2.28. The second-order valence-corrected chi connectivity index (χ2v) is 7.06. The van der Waals surface area contributed by atoms with E-state index in [1.807, 2.05) is 48.5 Å². The molecule has 0 aromatic heterocycles. The minimum atomic E-state index is 0.429. The van der Waals surface area contributed by atoms with Crippen LogP contribution >= 0.6 is 34.8 Å². The average Bonchev–Trinajstić information content (AvgIpc) is 2.66. The van der Waals surface area contributed by atoms with Crippen molar-refractivity contribution >= 4 is 46.5 Å². The van der Waals surface area contributed by atoms with Crippen LogP contribution in [0.25, 0.3) is 11.6 Å². The Morgan fingerprint density at radius 2 is 1.67 bits per heavy atom. The molecular weight excluding hydrogens is 401 g/mol. The minimum absolute atomic E-state index is 0.429. The van der Waals surface area contributed by atoms with E-state index < -0.39 is 0 Å². The molecule has 0 spiro atoms. The van der Waals surface area contributed by atoms with Crippen molar-refractivity contribution in [3.05, 3.63) is 98.5 Å². The van der Waals surface area contributed by atoms with Gasteiger partial charge in [-0.25, -0.2) is 0 Å². The Balaban J connectivity index is 1.80. The van der Waals surface area contributed by atoms with Crippen LogP contribution in [0.4, 0.5) is 0 Å². The predicted molar refractivity (Wildman–Crippen MR) is 112 cm³/mol. The van der Waals surface area contributed by atoms with E-state index in [4.69, 9.17) is 39.5 Å². The number of halogens is 3. The molecule has 3 aromatic carbocycles. The van der Waals surface area contributed by atoms with Gasteiger partial charge >= 0.3 is 0 Å². The Kier molecular flexibility index (Phi) is 6.42. The van der Waals surface area contributed by atoms with Gasteiger partial charge in [0.15, 0.2) is 0 Å². The Labute approximate surface area is 173 Å². The lowest BCUT2D eigenvalue weighted by atomic mass is 10.0. The molecule has 0 saturated carbocycles. The van der Waals surface area contributed by atoms with Crippen molar-refractivity contribution in [3.8, 4) is 11.8 Å². The van der Waals surface area contributed by atoms with E-state index >= 15 is 0 Å². The summed E-state index contributed by atoms with van der Waals surface area (Å²) in [4.78, 5) is 0. The van der Waals surface area contributed by atoms with Crippen molar-refractivity contribution in [2.75, 3.05) is 0 Å². The summed E-state index contributed by atoms with van der Waals surface area (Å²) in [6.45, 7) is 0.429. The van der Waals surface area contributed by atoms with E-state index in [1.54, 1.807) is 24.3 Å². The molecule has 134 valence electrons. The molecule has 3 aromatic rings. The van der Waals surface area contributed by atoms with E-state index in [0.717, 1.165) is 11.1 Å². The van der Waals surface area contributed by atoms with Gasteiger partial charge in [-0.2, -0.15) is 5.26 Å². The maximum Gasteiger partial charge on any atom is 0.120 e. The average molecular weight is 415 g/mol. The highest BCUT2D eigenvalue weighted by Gasteiger charge is 2.07. The number of nitriles is 1. The number of nitrogens with zero attached hydrogens (tertiary/aromatic N) is 1. The van der Waals surface area contributed by atoms with E-state index in [-0.39, 0.29) is 0 Å². The Hall–Kier alpha value is -2.44. The second kappa shape index (κ2) is 8.97. The zero-order valence-electron chi connectivity index (χ0n) is 14.1. The third-order valence-corrected chi connectivity index (χ3v) is 4.63. The van der Waals surface area contributed by atoms with E-state index in [1.165, 1.54) is 0 Å². The lowest BCUT2D eigenvalue weighted by molar-refractivity contribution is 0.306. The van der Waals surface area contributed by atoms with E-state index in [2.05, 4.69) is 6.07 Å². The summed E-state index contributed by atoms with van der Waals surface area (Å²) in [6.07, 6.45) is 1.77. The molecule has 0 aliphatic carbocycles. The summed E-state index contributed by atoms with van der Waals surface area (Å²) in [5, 5.41) is 11.2. The van der Waals surface area contributed by atoms with Crippen molar-refractivity contribution in [3.63, 3.8) is 0 Å². The first-order valence-electron chi connectivity index (χ1n) is 8.10. The minimum Gasteiger partial charge on any atom is -0.489 e. The molecule has 0 saturated heterocycles. The number of allylic oxidation sites excluding steroid dienone is 1. The molecule has 0 atom stereocenters. The van der Waals surface area contributed by atoms with Gasteiger partial charge in [-0.05, 0) is 53.6 Å². The first-order valence-corrected chi connectivity index (χ1v) is 9.23. The molecule has 27 heavy (non-hydrogen) atoms. The molecule has 0 N–H and O–H groups in total. The Bertz CT molecular complexity index is 1020. The SMILES string of the molecule is N#C/C(=C\c1cccc(OCc2ccc(Cl)cc2)c1)c1ccc(Cl)cc1Cl. The molecule has 5 heteroatoms. The summed E-state index contributed by atoms with van der Waals surface area (Å²) in [5.41, 5.74) is 2.94. The molecule has 3 rings (SSSR count). The molecule has 0 fully saturated rings. The predicted octanol–water partition coefficient (Wildman–Crippen LogP) is 7.29. The van der Waals surface area contributed by atoms with Gasteiger partial charge in [0.05, 0.1) is 16.7 Å². The third-order valence-electron chi connectivity index (χ3n) is 3.83. The van der Waals surface area contributed by atoms with Gasteiger partial charge in [0.1, 0.15) is 12.4 Å². The van der Waals surface area contributed by atoms with Crippen molar-refractivity contribution < 1.29 is 4.74 Å². The van der Waals surface area contributed by atoms with Gasteiger partial charge in [0, 0.05) is 15.6 Å². The summed E-state index contributed by atoms with van der Waals surface area (Å²) < 4.78 is 5.83. The van der Waals surface area contributed by atoms with E-state index in [0.29, 0.717) is 38.6 Å². The number of hydrogen-bond acceptors (Lipinski definition) is 2. The van der Waals surface area contributed by atoms with Gasteiger partial charge in [-0.1, -0.05) is 65.1 Å². The number of benzene rings is 3. The Morgan fingerprint density at radius 1 is 0.926 bits per heavy atom. The maximum absolute atomic E-state index is 9.53. The lowest BCUT2D eigenvalue weighted by Crippen LogP contribution is -1.95. The highest BCUT2D eigenvalue weighted by atomic mass is 35.5. The fourth-order valence-electron chi connectivity index (χ4n) is 2.49. The topological polar surface area (TPSA) is 33.0 Å². The number of hydrogen-bond donors (Lipinski definition) is 0. The molecule has 0 bridgehead atoms. The van der Waals surface area contributed by atoms with Crippen molar-refractivity contribution in [2.24, 2.45) is 0 Å². The summed E-state index contributed by atoms with van der Waals surface area (Å²) in [7, 11) is 0. The quantitative estimate of drug-likeness (QED) is 0.324. The van der Waals surface area contributed by atoms with Crippen LogP contribution in [0.1, 0.15) is 16.7 Å². The molecular formula is C22H14Cl3NO. The van der Waals surface area contributed by atoms with Crippen molar-refractivity contribution in [2.45, 2.75) is 6.61 Å². The van der Waals surface area contributed by atoms with Gasteiger partial charge in [-0.3, -0.25) is 0 Å². The van der Waals surface area contributed by atoms with Gasteiger partial charge in [0.25, 0.3) is 0 Å². The first-order chi connectivity index (χ1) is 13.0. The van der Waals surface area contributed by atoms with Crippen LogP contribution in [-0.2, 0) is 6.61 Å². The molecule has 0 aliphatic heterocycles. The van der Waals surface area contributed by atoms with Crippen LogP contribution in [0.15, 0.2) is 66.7 Å². The molecule has 2 nitrogen and oxygen atoms in total. The van der Waals surface area contributed by atoms with Crippen molar-refractivity contribution in [1.82, 2.24) is 0 Å². The van der Waals surface area contributed by atoms with Crippen LogP contribution in [0.3, 0.4) is 0 Å². The lowest BCUT2D eigenvalue weighted by Gasteiger charge is -2.08. The molecule has 0 heterocycles. The fraction of sp³-hybridized carbons (Fsp3) is 0.0455. The standard InChI is InChI=1S/C22H14Cl3NO/c23-18-6-4-15(5-7-18)14-27-20-3-1-2-16(11-20)10-17(13-26)21-9-8-19(24)12-22(21)25/h1-12H,14H2/b17-10+. The first kappa shape index (κ1) is 19.3. The summed E-state index contributed by atoms with van der Waals surface area (Å²) in [6, 6.07) is 22.3. The van der Waals surface area contributed by atoms with Gasteiger partial charge in [-0.15, -0.1) is 0 Å². The molecule has 0 unspecified atom stereocenters. The zero-order valence-corrected chi connectivity index (χ0v) is 16.4. The van der Waals surface area contributed by atoms with Gasteiger partial charge < -0.3 is 4.74 Å². The van der Waals surface area contributed by atoms with Gasteiger partial charge in [0.2, 0.25) is 0 Å². The largest absolute Gasteiger partial charge is 0.489 e. The molecule has 0 aliphatic rings. The van der Waals surface area contributed by atoms with Crippen molar-refractivity contribution in [1.29, 1.82) is 5.26 Å². The van der Waals surface area contributed by atoms with Crippen LogP contribution in [0.5, 0.6) is 5.75 Å². The maximum atomic E-state index is 9.53. The molecule has 0 radical (unpaired) electrons. The smallest absolute Gasteiger partial charge is 0.120 e. The summed E-state index contributed by atoms with van der Waals surface area (Å²) in [5.74, 6) is 0.707. The van der Waals surface area contributed by atoms with Crippen LogP contribution in [-0.4, -0.2) is 0 Å². The second-order valence-electron chi connectivity index (χ2n) is 5.78. The van der Waals surface area contributed by atoms with Crippen LogP contribution < -0.4 is 4.74 Å². The zero-order chi connectivity index (χ0) is 19.2. The Morgan fingerprint density at radius 3 is 2.37 bits per heavy atom. The highest BCUT2D eigenvalue weighted by molar-refractivity contribution is 6.36. The van der Waals surface area contributed by atoms with Crippen LogP contribution in [0.2, 0.25) is 15.1 Å². The normalized spacial score (nSPS) is 11.1. The van der Waals surface area contributed by atoms with Crippen LogP contribution in [0, 0.1) is 11.3 Å². The fourth-order valence-corrected chi connectivity index (χ4v) is 3.12. The monoisotopic (exact) mass is 413 g/mol. The van der Waals surface area contributed by atoms with E-state index in [9.17, 15) is 5.26 Å². The number of ether oxygens (including phenoxy) is 1. The third kappa shape index (κ3) is 5.28. The number of rotatable bonds is 5.